The Balaban J connectivity index is 1.79. The van der Waals surface area contributed by atoms with Crippen LogP contribution in [0.1, 0.15) is 48.9 Å². The second kappa shape index (κ2) is 12.7. The maximum Gasteiger partial charge on any atom is 0.166 e. The van der Waals surface area contributed by atoms with Crippen molar-refractivity contribution in [3.63, 3.8) is 0 Å². The number of hydrogen-bond donors (Lipinski definition) is 0. The van der Waals surface area contributed by atoms with Gasteiger partial charge in [-0.25, -0.2) is 8.78 Å². The van der Waals surface area contributed by atoms with Gasteiger partial charge in [-0.1, -0.05) is 108 Å². The van der Waals surface area contributed by atoms with Gasteiger partial charge in [-0.2, -0.15) is 0 Å². The van der Waals surface area contributed by atoms with Gasteiger partial charge >= 0.3 is 0 Å². The zero-order valence-electron chi connectivity index (χ0n) is 19.4. The van der Waals surface area contributed by atoms with Crippen molar-refractivity contribution in [2.75, 3.05) is 0 Å². The predicted octanol–water partition coefficient (Wildman–Crippen LogP) is 10.4. The molecular formula is C30H28Cl2F2. The molecule has 3 rings (SSSR count). The van der Waals surface area contributed by atoms with E-state index in [1.165, 1.54) is 0 Å². The molecule has 0 spiro atoms. The summed E-state index contributed by atoms with van der Waals surface area (Å²) in [5, 5.41) is 0.989. The maximum atomic E-state index is 14.9. The molecule has 34 heavy (non-hydrogen) atoms. The minimum atomic E-state index is -0.892. The van der Waals surface area contributed by atoms with Crippen LogP contribution in [0.15, 0.2) is 85.0 Å². The number of rotatable bonds is 9. The van der Waals surface area contributed by atoms with Crippen LogP contribution < -0.4 is 0 Å². The molecule has 0 nitrogen and oxygen atoms in total. The largest absolute Gasteiger partial charge is 0.203 e. The van der Waals surface area contributed by atoms with Crippen LogP contribution in [0.4, 0.5) is 8.78 Å². The van der Waals surface area contributed by atoms with Crippen molar-refractivity contribution in [2.24, 2.45) is 0 Å². The highest BCUT2D eigenvalue weighted by atomic mass is 35.5. The monoisotopic (exact) mass is 496 g/mol. The summed E-state index contributed by atoms with van der Waals surface area (Å²) in [5.41, 5.74) is 4.00. The molecule has 0 saturated heterocycles. The average Bonchev–Trinajstić information content (AvgIpc) is 2.87. The van der Waals surface area contributed by atoms with Crippen molar-refractivity contribution in [2.45, 2.75) is 39.5 Å². The van der Waals surface area contributed by atoms with E-state index in [0.29, 0.717) is 10.0 Å². The van der Waals surface area contributed by atoms with Gasteiger partial charge < -0.3 is 0 Å². The van der Waals surface area contributed by atoms with E-state index in [4.69, 9.17) is 23.2 Å². The fourth-order valence-corrected chi connectivity index (χ4v) is 4.25. The third-order valence-corrected chi connectivity index (χ3v) is 6.58. The van der Waals surface area contributed by atoms with E-state index in [1.54, 1.807) is 36.4 Å². The summed E-state index contributed by atoms with van der Waals surface area (Å²) < 4.78 is 29.7. The molecule has 0 bridgehead atoms. The number of hydrogen-bond acceptors (Lipinski definition) is 0. The lowest BCUT2D eigenvalue weighted by molar-refractivity contribution is 0.700. The third kappa shape index (κ3) is 6.46. The van der Waals surface area contributed by atoms with Gasteiger partial charge in [0.2, 0.25) is 0 Å². The first-order chi connectivity index (χ1) is 16.5. The zero-order chi connectivity index (χ0) is 24.5. The number of aryl methyl sites for hydroxylation is 2. The fourth-order valence-electron chi connectivity index (χ4n) is 3.69. The highest BCUT2D eigenvalue weighted by molar-refractivity contribution is 6.44. The van der Waals surface area contributed by atoms with Gasteiger partial charge in [-0.15, -0.1) is 0 Å². The molecule has 3 aromatic rings. The smallest absolute Gasteiger partial charge is 0.166 e. The van der Waals surface area contributed by atoms with Crippen LogP contribution in [0.5, 0.6) is 0 Å². The molecule has 0 aliphatic carbocycles. The fraction of sp³-hybridized carbons (Fsp3) is 0.200. The molecular weight excluding hydrogens is 469 g/mol. The van der Waals surface area contributed by atoms with Gasteiger partial charge in [0.05, 0.1) is 10.0 Å². The Kier molecular flexibility index (Phi) is 9.68. The van der Waals surface area contributed by atoms with Crippen molar-refractivity contribution >= 4 is 34.9 Å². The normalized spacial score (nSPS) is 12.5. The number of benzene rings is 3. The minimum absolute atomic E-state index is 0.170. The van der Waals surface area contributed by atoms with Gasteiger partial charge in [0.25, 0.3) is 0 Å². The molecule has 0 aliphatic heterocycles. The summed E-state index contributed by atoms with van der Waals surface area (Å²) in [6.45, 7) is 3.96. The quantitative estimate of drug-likeness (QED) is 0.204. The third-order valence-electron chi connectivity index (χ3n) is 5.66. The van der Waals surface area contributed by atoms with Crippen LogP contribution in [-0.2, 0) is 12.8 Å². The molecule has 0 atom stereocenters. The van der Waals surface area contributed by atoms with E-state index in [9.17, 15) is 8.78 Å². The van der Waals surface area contributed by atoms with Crippen molar-refractivity contribution in [3.8, 4) is 11.1 Å². The van der Waals surface area contributed by atoms with E-state index < -0.39 is 11.7 Å². The highest BCUT2D eigenvalue weighted by Gasteiger charge is 2.14. The summed E-state index contributed by atoms with van der Waals surface area (Å²) in [4.78, 5) is 0. The van der Waals surface area contributed by atoms with E-state index in [2.05, 4.69) is 12.2 Å². The molecule has 4 heteroatoms. The second-order valence-corrected chi connectivity index (χ2v) is 8.77. The van der Waals surface area contributed by atoms with Crippen molar-refractivity contribution in [3.05, 3.63) is 117 Å². The highest BCUT2D eigenvalue weighted by Crippen LogP contribution is 2.37. The molecule has 0 amide bonds. The molecule has 0 radical (unpaired) electrons. The lowest BCUT2D eigenvalue weighted by Gasteiger charge is -2.11. The molecule has 0 aromatic heterocycles. The van der Waals surface area contributed by atoms with Gasteiger partial charge in [0, 0.05) is 16.7 Å². The first-order valence-electron chi connectivity index (χ1n) is 11.4. The van der Waals surface area contributed by atoms with Crippen LogP contribution >= 0.6 is 23.2 Å². The van der Waals surface area contributed by atoms with Crippen LogP contribution in [-0.4, -0.2) is 0 Å². The lowest BCUT2D eigenvalue weighted by Crippen LogP contribution is -1.90. The van der Waals surface area contributed by atoms with Crippen LogP contribution in [0.25, 0.3) is 22.8 Å². The molecule has 0 N–H and O–H groups in total. The van der Waals surface area contributed by atoms with Crippen LogP contribution in [0.2, 0.25) is 10.0 Å². The maximum absolute atomic E-state index is 14.9. The van der Waals surface area contributed by atoms with Crippen LogP contribution in [0, 0.1) is 0 Å². The Bertz CT molecular complexity index is 1190. The van der Waals surface area contributed by atoms with Crippen molar-refractivity contribution < 1.29 is 8.78 Å². The molecule has 0 aliphatic rings. The summed E-state index contributed by atoms with van der Waals surface area (Å²) in [5.74, 6) is -1.77. The Morgan fingerprint density at radius 1 is 0.676 bits per heavy atom. The topological polar surface area (TPSA) is 0 Å². The van der Waals surface area contributed by atoms with E-state index >= 15 is 0 Å². The summed E-state index contributed by atoms with van der Waals surface area (Å²) >= 11 is 13.0. The Morgan fingerprint density at radius 2 is 1.21 bits per heavy atom. The Labute approximate surface area is 211 Å². The standard InChI is InChI=1S/C30H28Cl2F2/c1-3-5-7-9-21-11-13-24(14-12-21)29(33)30(34)25-17-15-22(16-18-25)26-20-19-23(10-8-6-4-2)27(31)28(26)32/h3-6,11-20H,7-10H2,1-2H3/b5-3+,6-4+,30-29+. The van der Waals surface area contributed by atoms with E-state index in [0.717, 1.165) is 47.9 Å². The van der Waals surface area contributed by atoms with Gasteiger partial charge in [0.1, 0.15) is 0 Å². The van der Waals surface area contributed by atoms with E-state index in [1.807, 2.05) is 50.3 Å². The van der Waals surface area contributed by atoms with E-state index in [-0.39, 0.29) is 11.1 Å². The molecule has 0 fully saturated rings. The molecule has 3 aromatic carbocycles. The second-order valence-electron chi connectivity index (χ2n) is 8.02. The SMILES string of the molecule is C/C=C/CCc1ccc(/C(F)=C(\F)c2ccc(-c3ccc(CC/C=C/C)c(Cl)c3Cl)cc2)cc1. The minimum Gasteiger partial charge on any atom is -0.203 e. The van der Waals surface area contributed by atoms with Gasteiger partial charge in [0.15, 0.2) is 11.7 Å². The number of allylic oxidation sites excluding steroid dienone is 4. The van der Waals surface area contributed by atoms with Crippen LogP contribution in [0.3, 0.4) is 0 Å². The molecule has 0 saturated carbocycles. The van der Waals surface area contributed by atoms with Crippen molar-refractivity contribution in [1.29, 1.82) is 0 Å². The summed E-state index contributed by atoms with van der Waals surface area (Å²) in [6.07, 6.45) is 11.6. The molecule has 0 unspecified atom stereocenters. The van der Waals surface area contributed by atoms with Gasteiger partial charge in [-0.05, 0) is 56.2 Å². The predicted molar refractivity (Wildman–Crippen MR) is 144 cm³/mol. The number of halogens is 4. The van der Waals surface area contributed by atoms with Gasteiger partial charge in [-0.3, -0.25) is 0 Å². The average molecular weight is 497 g/mol. The lowest BCUT2D eigenvalue weighted by atomic mass is 9.99. The first-order valence-corrected chi connectivity index (χ1v) is 12.2. The Hall–Kier alpha value is -2.68. The Morgan fingerprint density at radius 3 is 1.76 bits per heavy atom. The zero-order valence-corrected chi connectivity index (χ0v) is 20.9. The molecule has 176 valence electrons. The first kappa shape index (κ1) is 25.9. The van der Waals surface area contributed by atoms with Crippen molar-refractivity contribution in [1.82, 2.24) is 0 Å². The molecule has 0 heterocycles. The summed E-state index contributed by atoms with van der Waals surface area (Å²) in [6, 6.07) is 17.3. The summed E-state index contributed by atoms with van der Waals surface area (Å²) in [7, 11) is 0.